The molecule has 3 rings (SSSR count). The summed E-state index contributed by atoms with van der Waals surface area (Å²) in [5.74, 6) is -1.29. The Labute approximate surface area is 149 Å². The van der Waals surface area contributed by atoms with Crippen molar-refractivity contribution >= 4 is 32.8 Å². The highest BCUT2D eigenvalue weighted by atomic mass is 79.9. The lowest BCUT2D eigenvalue weighted by atomic mass is 9.96. The summed E-state index contributed by atoms with van der Waals surface area (Å²) in [6, 6.07) is 11.9. The Kier molecular flexibility index (Phi) is 4.51. The summed E-state index contributed by atoms with van der Waals surface area (Å²) in [6.07, 6.45) is -4.56. The molecular formula is C18H11BrF3NO2. The van der Waals surface area contributed by atoms with Crippen molar-refractivity contribution in [2.24, 2.45) is 0 Å². The van der Waals surface area contributed by atoms with Crippen LogP contribution in [-0.4, -0.2) is 16.1 Å². The molecule has 7 heteroatoms. The fourth-order valence-electron chi connectivity index (χ4n) is 2.69. The molecule has 0 aliphatic carbocycles. The highest BCUT2D eigenvalue weighted by molar-refractivity contribution is 9.08. The van der Waals surface area contributed by atoms with Crippen LogP contribution < -0.4 is 0 Å². The highest BCUT2D eigenvalue weighted by Gasteiger charge is 2.31. The number of carboxylic acid groups (broad SMARTS) is 1. The van der Waals surface area contributed by atoms with Gasteiger partial charge in [0.2, 0.25) is 0 Å². The predicted molar refractivity (Wildman–Crippen MR) is 91.8 cm³/mol. The number of carbonyl (C=O) groups is 1. The smallest absolute Gasteiger partial charge is 0.416 e. The summed E-state index contributed by atoms with van der Waals surface area (Å²) in [7, 11) is 0. The van der Waals surface area contributed by atoms with Crippen molar-refractivity contribution in [3.8, 4) is 11.3 Å². The number of pyridine rings is 1. The minimum Gasteiger partial charge on any atom is -0.478 e. The van der Waals surface area contributed by atoms with Crippen LogP contribution in [0.25, 0.3) is 22.2 Å². The van der Waals surface area contributed by atoms with E-state index in [0.717, 1.165) is 12.1 Å². The van der Waals surface area contributed by atoms with Crippen molar-refractivity contribution in [1.82, 2.24) is 4.98 Å². The molecule has 0 radical (unpaired) electrons. The monoisotopic (exact) mass is 409 g/mol. The summed E-state index contributed by atoms with van der Waals surface area (Å²) in [5, 5.41) is 9.75. The van der Waals surface area contributed by atoms with Gasteiger partial charge in [-0.25, -0.2) is 9.78 Å². The zero-order chi connectivity index (χ0) is 18.2. The lowest BCUT2D eigenvalue weighted by molar-refractivity contribution is -0.137. The number of alkyl halides is 4. The molecule has 1 N–H and O–H groups in total. The summed E-state index contributed by atoms with van der Waals surface area (Å²) in [4.78, 5) is 16.2. The first-order valence-electron chi connectivity index (χ1n) is 7.21. The van der Waals surface area contributed by atoms with E-state index in [0.29, 0.717) is 16.8 Å². The minimum atomic E-state index is -4.56. The molecule has 3 nitrogen and oxygen atoms in total. The van der Waals surface area contributed by atoms with E-state index in [1.165, 1.54) is 6.07 Å². The molecule has 0 bridgehead atoms. The standard InChI is InChI=1S/C18H11BrF3NO2/c19-9-13-15(17(24)25)12-8-11(18(20,21)22)6-7-14(12)23-16(13)10-4-2-1-3-5-10/h1-8H,9H2,(H,24,25). The number of halogens is 4. The van der Waals surface area contributed by atoms with Gasteiger partial charge < -0.3 is 5.11 Å². The number of aromatic carboxylic acids is 1. The van der Waals surface area contributed by atoms with E-state index in [-0.39, 0.29) is 21.8 Å². The molecule has 1 heterocycles. The van der Waals surface area contributed by atoms with Crippen molar-refractivity contribution in [2.75, 3.05) is 0 Å². The Balaban J connectivity index is 2.40. The van der Waals surface area contributed by atoms with Crippen LogP contribution in [0.2, 0.25) is 0 Å². The van der Waals surface area contributed by atoms with Gasteiger partial charge in [0, 0.05) is 21.8 Å². The Morgan fingerprint density at radius 2 is 1.80 bits per heavy atom. The van der Waals surface area contributed by atoms with Crippen LogP contribution in [0.1, 0.15) is 21.5 Å². The first kappa shape index (κ1) is 17.4. The quantitative estimate of drug-likeness (QED) is 0.579. The zero-order valence-corrected chi connectivity index (χ0v) is 14.2. The maximum absolute atomic E-state index is 13.0. The van der Waals surface area contributed by atoms with Gasteiger partial charge in [0.25, 0.3) is 0 Å². The molecule has 0 aliphatic rings. The number of fused-ring (bicyclic) bond motifs is 1. The van der Waals surface area contributed by atoms with Gasteiger partial charge in [-0.3, -0.25) is 0 Å². The number of carboxylic acids is 1. The van der Waals surface area contributed by atoms with Crippen LogP contribution in [0.3, 0.4) is 0 Å². The summed E-state index contributed by atoms with van der Waals surface area (Å²) in [5.41, 5.74) is 0.590. The van der Waals surface area contributed by atoms with Crippen LogP contribution in [-0.2, 0) is 11.5 Å². The predicted octanol–water partition coefficient (Wildman–Crippen LogP) is 5.51. The van der Waals surface area contributed by atoms with Crippen LogP contribution >= 0.6 is 15.9 Å². The normalized spacial score (nSPS) is 11.7. The third-order valence-electron chi connectivity index (χ3n) is 3.81. The Hall–Kier alpha value is -2.41. The van der Waals surface area contributed by atoms with Gasteiger partial charge in [0.1, 0.15) is 0 Å². The molecule has 1 aromatic heterocycles. The van der Waals surface area contributed by atoms with Crippen molar-refractivity contribution in [3.63, 3.8) is 0 Å². The molecule has 25 heavy (non-hydrogen) atoms. The topological polar surface area (TPSA) is 50.2 Å². The number of hydrogen-bond acceptors (Lipinski definition) is 2. The van der Waals surface area contributed by atoms with Gasteiger partial charge in [0.05, 0.1) is 22.3 Å². The minimum absolute atomic E-state index is 0.0311. The van der Waals surface area contributed by atoms with E-state index in [1.54, 1.807) is 24.3 Å². The highest BCUT2D eigenvalue weighted by Crippen LogP contribution is 2.36. The fourth-order valence-corrected chi connectivity index (χ4v) is 3.23. The summed E-state index contributed by atoms with van der Waals surface area (Å²) < 4.78 is 39.0. The molecule has 0 atom stereocenters. The molecule has 0 unspecified atom stereocenters. The number of rotatable bonds is 3. The zero-order valence-electron chi connectivity index (χ0n) is 12.6. The first-order valence-corrected chi connectivity index (χ1v) is 8.33. The van der Waals surface area contributed by atoms with Crippen molar-refractivity contribution in [3.05, 3.63) is 65.2 Å². The molecule has 128 valence electrons. The SMILES string of the molecule is O=C(O)c1c(CBr)c(-c2ccccc2)nc2ccc(C(F)(F)F)cc12. The van der Waals surface area contributed by atoms with E-state index < -0.39 is 17.7 Å². The van der Waals surface area contributed by atoms with E-state index in [2.05, 4.69) is 20.9 Å². The number of hydrogen-bond donors (Lipinski definition) is 1. The van der Waals surface area contributed by atoms with E-state index in [9.17, 15) is 23.1 Å². The molecule has 0 fully saturated rings. The Morgan fingerprint density at radius 1 is 1.12 bits per heavy atom. The fraction of sp³-hybridized carbons (Fsp3) is 0.111. The van der Waals surface area contributed by atoms with E-state index >= 15 is 0 Å². The maximum atomic E-state index is 13.0. The van der Waals surface area contributed by atoms with Crippen LogP contribution in [0, 0.1) is 0 Å². The number of aromatic nitrogens is 1. The average Bonchev–Trinajstić information content (AvgIpc) is 2.59. The Morgan fingerprint density at radius 3 is 2.36 bits per heavy atom. The molecule has 0 spiro atoms. The van der Waals surface area contributed by atoms with Gasteiger partial charge in [-0.2, -0.15) is 13.2 Å². The first-order chi connectivity index (χ1) is 11.8. The second-order valence-electron chi connectivity index (χ2n) is 5.35. The van der Waals surface area contributed by atoms with E-state index in [1.807, 2.05) is 6.07 Å². The van der Waals surface area contributed by atoms with E-state index in [4.69, 9.17) is 0 Å². The Bertz CT molecular complexity index is 956. The second kappa shape index (κ2) is 6.48. The van der Waals surface area contributed by atoms with Crippen molar-refractivity contribution in [2.45, 2.75) is 11.5 Å². The largest absolute Gasteiger partial charge is 0.478 e. The maximum Gasteiger partial charge on any atom is 0.416 e. The second-order valence-corrected chi connectivity index (χ2v) is 5.91. The molecule has 3 aromatic rings. The average molecular weight is 410 g/mol. The molecule has 0 aliphatic heterocycles. The van der Waals surface area contributed by atoms with Gasteiger partial charge in [-0.1, -0.05) is 46.3 Å². The van der Waals surface area contributed by atoms with Crippen molar-refractivity contribution < 1.29 is 23.1 Å². The van der Waals surface area contributed by atoms with Crippen molar-refractivity contribution in [1.29, 1.82) is 0 Å². The van der Waals surface area contributed by atoms with Gasteiger partial charge in [-0.05, 0) is 18.2 Å². The lowest BCUT2D eigenvalue weighted by Crippen LogP contribution is -2.09. The van der Waals surface area contributed by atoms with Gasteiger partial charge in [0.15, 0.2) is 0 Å². The number of nitrogens with zero attached hydrogens (tertiary/aromatic N) is 1. The molecule has 0 saturated carbocycles. The van der Waals surface area contributed by atoms with Crippen LogP contribution in [0.15, 0.2) is 48.5 Å². The molecule has 0 amide bonds. The third-order valence-corrected chi connectivity index (χ3v) is 4.37. The van der Waals surface area contributed by atoms with Crippen LogP contribution in [0.5, 0.6) is 0 Å². The lowest BCUT2D eigenvalue weighted by Gasteiger charge is -2.15. The third kappa shape index (κ3) is 3.24. The van der Waals surface area contributed by atoms with Crippen LogP contribution in [0.4, 0.5) is 13.2 Å². The molecule has 2 aromatic carbocycles. The van der Waals surface area contributed by atoms with Gasteiger partial charge in [-0.15, -0.1) is 0 Å². The van der Waals surface area contributed by atoms with Gasteiger partial charge >= 0.3 is 12.1 Å². The molecule has 0 saturated heterocycles. The summed E-state index contributed by atoms with van der Waals surface area (Å²) in [6.45, 7) is 0. The summed E-state index contributed by atoms with van der Waals surface area (Å²) >= 11 is 3.24. The number of benzene rings is 2. The molecular weight excluding hydrogens is 399 g/mol.